The summed E-state index contributed by atoms with van der Waals surface area (Å²) in [5, 5.41) is 13.8. The lowest BCUT2D eigenvalue weighted by Gasteiger charge is -2.20. The van der Waals surface area contributed by atoms with E-state index in [1.165, 1.54) is 0 Å². The molecule has 132 valence electrons. The summed E-state index contributed by atoms with van der Waals surface area (Å²) in [5.74, 6) is -0.874. The molecule has 0 radical (unpaired) electrons. The highest BCUT2D eigenvalue weighted by molar-refractivity contribution is 9.10. The molecule has 0 aromatic heterocycles. The number of halogens is 1. The van der Waals surface area contributed by atoms with Crippen molar-refractivity contribution in [3.63, 3.8) is 0 Å². The quantitative estimate of drug-likeness (QED) is 0.733. The number of benzene rings is 2. The van der Waals surface area contributed by atoms with Crippen LogP contribution in [0.2, 0.25) is 0 Å². The third-order valence-corrected chi connectivity index (χ3v) is 4.01. The summed E-state index contributed by atoms with van der Waals surface area (Å²) in [7, 11) is 0. The van der Waals surface area contributed by atoms with Gasteiger partial charge in [-0.15, -0.1) is 0 Å². The predicted octanol–water partition coefficient (Wildman–Crippen LogP) is 2.85. The van der Waals surface area contributed by atoms with E-state index in [2.05, 4.69) is 21.2 Å². The summed E-state index contributed by atoms with van der Waals surface area (Å²) in [6.07, 6.45) is 0.590. The molecule has 0 aliphatic heterocycles. The maximum atomic E-state index is 12.4. The minimum atomic E-state index is -1.23. The van der Waals surface area contributed by atoms with Crippen molar-refractivity contribution in [1.29, 1.82) is 0 Å². The standard InChI is InChI=1S/C19H20BrNO4/c1-2-10-25-16-8-6-13(7-9-16)17(12-18(22)23)21-19(24)14-4-3-5-15(20)11-14/h3-9,11,17H,2,10,12H2,1H3,(H,21,24)(H,22,23)/p-1/t17-/m0/s1. The summed E-state index contributed by atoms with van der Waals surface area (Å²) < 4.78 is 6.29. The molecule has 2 aromatic carbocycles. The second-order valence-corrected chi connectivity index (χ2v) is 6.45. The van der Waals surface area contributed by atoms with Crippen LogP contribution in [-0.2, 0) is 4.79 Å². The molecule has 0 saturated heterocycles. The number of aliphatic carboxylic acids is 1. The fraction of sp³-hybridized carbons (Fsp3) is 0.263. The molecular formula is C19H19BrNO4-. The Bertz CT molecular complexity index is 730. The van der Waals surface area contributed by atoms with Crippen molar-refractivity contribution in [2.45, 2.75) is 25.8 Å². The molecule has 0 spiro atoms. The Hall–Kier alpha value is -2.34. The highest BCUT2D eigenvalue weighted by atomic mass is 79.9. The Morgan fingerprint density at radius 3 is 2.52 bits per heavy atom. The van der Waals surface area contributed by atoms with E-state index >= 15 is 0 Å². The summed E-state index contributed by atoms with van der Waals surface area (Å²) in [6.45, 7) is 2.63. The van der Waals surface area contributed by atoms with Gasteiger partial charge in [0.25, 0.3) is 5.91 Å². The average molecular weight is 405 g/mol. The van der Waals surface area contributed by atoms with Crippen LogP contribution >= 0.6 is 15.9 Å². The van der Waals surface area contributed by atoms with E-state index in [0.717, 1.165) is 10.9 Å². The Labute approximate surface area is 155 Å². The van der Waals surface area contributed by atoms with Crippen LogP contribution in [-0.4, -0.2) is 18.5 Å². The van der Waals surface area contributed by atoms with E-state index in [0.29, 0.717) is 23.5 Å². The van der Waals surface area contributed by atoms with Crippen LogP contribution in [0.3, 0.4) is 0 Å². The SMILES string of the molecule is CCCOc1ccc([C@H](CC(=O)[O-])NC(=O)c2cccc(Br)c2)cc1. The molecule has 0 aliphatic rings. The second kappa shape index (κ2) is 9.22. The van der Waals surface area contributed by atoms with E-state index in [-0.39, 0.29) is 12.3 Å². The normalized spacial score (nSPS) is 11.6. The molecule has 5 nitrogen and oxygen atoms in total. The van der Waals surface area contributed by atoms with Crippen molar-refractivity contribution in [3.05, 3.63) is 64.1 Å². The maximum Gasteiger partial charge on any atom is 0.251 e. The smallest absolute Gasteiger partial charge is 0.251 e. The van der Waals surface area contributed by atoms with Gasteiger partial charge in [-0.3, -0.25) is 4.79 Å². The Morgan fingerprint density at radius 2 is 1.92 bits per heavy atom. The number of rotatable bonds is 8. The Morgan fingerprint density at radius 1 is 1.20 bits per heavy atom. The highest BCUT2D eigenvalue weighted by Crippen LogP contribution is 2.21. The summed E-state index contributed by atoms with van der Waals surface area (Å²) in [6, 6.07) is 13.2. The van der Waals surface area contributed by atoms with E-state index in [4.69, 9.17) is 4.74 Å². The zero-order chi connectivity index (χ0) is 18.2. The Balaban J connectivity index is 2.15. The van der Waals surface area contributed by atoms with Crippen molar-refractivity contribution in [2.24, 2.45) is 0 Å². The van der Waals surface area contributed by atoms with Gasteiger partial charge < -0.3 is 20.0 Å². The number of carboxylic acid groups (broad SMARTS) is 1. The number of ether oxygens (including phenoxy) is 1. The van der Waals surface area contributed by atoms with Gasteiger partial charge in [0.05, 0.1) is 12.6 Å². The number of amides is 1. The molecule has 25 heavy (non-hydrogen) atoms. The zero-order valence-corrected chi connectivity index (χ0v) is 15.4. The van der Waals surface area contributed by atoms with E-state index in [1.54, 1.807) is 42.5 Å². The van der Waals surface area contributed by atoms with Crippen molar-refractivity contribution < 1.29 is 19.4 Å². The second-order valence-electron chi connectivity index (χ2n) is 5.53. The van der Waals surface area contributed by atoms with Crippen LogP contribution in [0.4, 0.5) is 0 Å². The van der Waals surface area contributed by atoms with Crippen LogP contribution < -0.4 is 15.2 Å². The lowest BCUT2D eigenvalue weighted by Crippen LogP contribution is -2.34. The van der Waals surface area contributed by atoms with Crippen molar-refractivity contribution in [1.82, 2.24) is 5.32 Å². The van der Waals surface area contributed by atoms with Crippen molar-refractivity contribution in [2.75, 3.05) is 6.61 Å². The molecular weight excluding hydrogens is 386 g/mol. The summed E-state index contributed by atoms with van der Waals surface area (Å²) in [5.41, 5.74) is 1.12. The fourth-order valence-electron chi connectivity index (χ4n) is 2.31. The largest absolute Gasteiger partial charge is 0.550 e. The molecule has 1 N–H and O–H groups in total. The monoisotopic (exact) mass is 404 g/mol. The van der Waals surface area contributed by atoms with Gasteiger partial charge in [-0.25, -0.2) is 0 Å². The first kappa shape index (κ1) is 19.0. The van der Waals surface area contributed by atoms with Gasteiger partial charge >= 0.3 is 0 Å². The number of carbonyl (C=O) groups is 2. The van der Waals surface area contributed by atoms with E-state index < -0.39 is 12.0 Å². The molecule has 0 bridgehead atoms. The average Bonchev–Trinajstić information content (AvgIpc) is 2.59. The summed E-state index contributed by atoms with van der Waals surface area (Å²) in [4.78, 5) is 23.5. The van der Waals surface area contributed by atoms with Gasteiger partial charge in [0.15, 0.2) is 0 Å². The third kappa shape index (κ3) is 5.90. The van der Waals surface area contributed by atoms with E-state index in [1.807, 2.05) is 13.0 Å². The topological polar surface area (TPSA) is 78.5 Å². The van der Waals surface area contributed by atoms with Gasteiger partial charge in [-0.05, 0) is 42.3 Å². The van der Waals surface area contributed by atoms with Crippen LogP contribution in [0.1, 0.15) is 41.7 Å². The maximum absolute atomic E-state index is 12.4. The molecule has 2 aromatic rings. The van der Waals surface area contributed by atoms with Crippen molar-refractivity contribution in [3.8, 4) is 5.75 Å². The number of carbonyl (C=O) groups excluding carboxylic acids is 2. The third-order valence-electron chi connectivity index (χ3n) is 3.52. The van der Waals surface area contributed by atoms with Gasteiger partial charge in [0, 0.05) is 22.4 Å². The van der Waals surface area contributed by atoms with Crippen LogP contribution in [0.5, 0.6) is 5.75 Å². The molecule has 0 fully saturated rings. The number of hydrogen-bond acceptors (Lipinski definition) is 4. The van der Waals surface area contributed by atoms with Gasteiger partial charge in [0.2, 0.25) is 0 Å². The van der Waals surface area contributed by atoms with E-state index in [9.17, 15) is 14.7 Å². The number of nitrogens with one attached hydrogen (secondary N) is 1. The molecule has 0 heterocycles. The minimum absolute atomic E-state index is 0.311. The molecule has 1 atom stereocenters. The first-order valence-electron chi connectivity index (χ1n) is 7.98. The van der Waals surface area contributed by atoms with Crippen LogP contribution in [0.15, 0.2) is 53.0 Å². The molecule has 2 rings (SSSR count). The molecule has 6 heteroatoms. The lowest BCUT2D eigenvalue weighted by atomic mass is 10.0. The van der Waals surface area contributed by atoms with Crippen LogP contribution in [0, 0.1) is 0 Å². The predicted molar refractivity (Wildman–Crippen MR) is 96.2 cm³/mol. The Kier molecular flexibility index (Phi) is 7.01. The minimum Gasteiger partial charge on any atom is -0.550 e. The van der Waals surface area contributed by atoms with Crippen LogP contribution in [0.25, 0.3) is 0 Å². The molecule has 0 unspecified atom stereocenters. The zero-order valence-electron chi connectivity index (χ0n) is 13.8. The molecule has 1 amide bonds. The van der Waals surface area contributed by atoms with Gasteiger partial charge in [0.1, 0.15) is 5.75 Å². The first-order valence-corrected chi connectivity index (χ1v) is 8.78. The summed E-state index contributed by atoms with van der Waals surface area (Å²) >= 11 is 3.31. The lowest BCUT2D eigenvalue weighted by molar-refractivity contribution is -0.306. The fourth-order valence-corrected chi connectivity index (χ4v) is 2.71. The number of hydrogen-bond donors (Lipinski definition) is 1. The highest BCUT2D eigenvalue weighted by Gasteiger charge is 2.16. The van der Waals surface area contributed by atoms with Crippen molar-refractivity contribution >= 4 is 27.8 Å². The molecule has 0 aliphatic carbocycles. The van der Waals surface area contributed by atoms with Gasteiger partial charge in [-0.1, -0.05) is 41.1 Å². The number of carboxylic acids is 1. The van der Waals surface area contributed by atoms with Gasteiger partial charge in [-0.2, -0.15) is 0 Å². The first-order chi connectivity index (χ1) is 12.0. The molecule has 0 saturated carbocycles.